The molecule has 0 aliphatic heterocycles. The van der Waals surface area contributed by atoms with Gasteiger partial charge in [0.2, 0.25) is 0 Å². The summed E-state index contributed by atoms with van der Waals surface area (Å²) in [5.41, 5.74) is 2.55. The van der Waals surface area contributed by atoms with Crippen molar-refractivity contribution in [3.8, 4) is 0 Å². The molecular formula is C16H22N2OS. The molecule has 108 valence electrons. The quantitative estimate of drug-likeness (QED) is 0.759. The maximum absolute atomic E-state index is 5.05. The minimum atomic E-state index is 0.747. The van der Waals surface area contributed by atoms with Crippen molar-refractivity contribution in [2.45, 2.75) is 26.3 Å². The molecule has 0 aliphatic carbocycles. The Labute approximate surface area is 125 Å². The number of rotatable bonds is 8. The largest absolute Gasteiger partial charge is 0.383 e. The molecule has 0 spiro atoms. The summed E-state index contributed by atoms with van der Waals surface area (Å²) in [7, 11) is 1.73. The Kier molecular flexibility index (Phi) is 6.18. The fraction of sp³-hybridized carbons (Fsp3) is 0.438. The Morgan fingerprint density at radius 1 is 1.25 bits per heavy atom. The van der Waals surface area contributed by atoms with Crippen molar-refractivity contribution in [2.75, 3.05) is 20.3 Å². The van der Waals surface area contributed by atoms with E-state index in [9.17, 15) is 0 Å². The van der Waals surface area contributed by atoms with Crippen LogP contribution in [-0.4, -0.2) is 25.2 Å². The lowest BCUT2D eigenvalue weighted by molar-refractivity contribution is 0.199. The van der Waals surface area contributed by atoms with E-state index in [0.29, 0.717) is 0 Å². The lowest BCUT2D eigenvalue weighted by Crippen LogP contribution is -2.18. The average Bonchev–Trinajstić information content (AvgIpc) is 2.86. The number of aryl methyl sites for hydroxylation is 1. The normalized spacial score (nSPS) is 10.9. The topological polar surface area (TPSA) is 34.2 Å². The zero-order valence-corrected chi connectivity index (χ0v) is 13.0. The molecule has 1 aromatic carbocycles. The second-order valence-electron chi connectivity index (χ2n) is 4.66. The predicted molar refractivity (Wildman–Crippen MR) is 84.3 cm³/mol. The van der Waals surface area contributed by atoms with Gasteiger partial charge >= 0.3 is 0 Å². The van der Waals surface area contributed by atoms with E-state index in [2.05, 4.69) is 36.5 Å². The van der Waals surface area contributed by atoms with Crippen LogP contribution in [0.5, 0.6) is 0 Å². The molecule has 1 N–H and O–H groups in total. The number of benzene rings is 1. The molecule has 0 unspecified atom stereocenters. The standard InChI is InChI=1S/C16H22N2OS/c1-3-14-15(12-17-9-10-19-2)20-16(18-14)11-13-7-5-4-6-8-13/h4-8,17H,3,9-12H2,1-2H3. The molecular weight excluding hydrogens is 268 g/mol. The van der Waals surface area contributed by atoms with Crippen molar-refractivity contribution in [2.24, 2.45) is 0 Å². The van der Waals surface area contributed by atoms with Crippen LogP contribution >= 0.6 is 11.3 Å². The average molecular weight is 290 g/mol. The zero-order chi connectivity index (χ0) is 14.2. The van der Waals surface area contributed by atoms with Crippen LogP contribution in [0, 0.1) is 0 Å². The zero-order valence-electron chi connectivity index (χ0n) is 12.2. The number of nitrogens with one attached hydrogen (secondary N) is 1. The fourth-order valence-electron chi connectivity index (χ4n) is 2.07. The van der Waals surface area contributed by atoms with Crippen LogP contribution in [0.4, 0.5) is 0 Å². The lowest BCUT2D eigenvalue weighted by Gasteiger charge is -2.02. The third-order valence-electron chi connectivity index (χ3n) is 3.12. The number of aromatic nitrogens is 1. The van der Waals surface area contributed by atoms with E-state index in [1.165, 1.54) is 21.1 Å². The number of hydrogen-bond donors (Lipinski definition) is 1. The molecule has 0 saturated heterocycles. The summed E-state index contributed by atoms with van der Waals surface area (Å²) in [6.45, 7) is 4.68. The molecule has 0 bridgehead atoms. The van der Waals surface area contributed by atoms with Crippen LogP contribution in [0.3, 0.4) is 0 Å². The first kappa shape index (κ1) is 15.2. The summed E-state index contributed by atoms with van der Waals surface area (Å²) in [5, 5.41) is 4.61. The molecule has 1 heterocycles. The van der Waals surface area contributed by atoms with E-state index in [-0.39, 0.29) is 0 Å². The van der Waals surface area contributed by atoms with Crippen molar-refractivity contribution >= 4 is 11.3 Å². The smallest absolute Gasteiger partial charge is 0.0975 e. The molecule has 1 aromatic heterocycles. The van der Waals surface area contributed by atoms with Crippen LogP contribution in [0.1, 0.15) is 28.1 Å². The SMILES string of the molecule is CCc1nc(Cc2ccccc2)sc1CNCCOC. The predicted octanol–water partition coefficient (Wildman–Crippen LogP) is 3.03. The van der Waals surface area contributed by atoms with Gasteiger partial charge in [0.25, 0.3) is 0 Å². The van der Waals surface area contributed by atoms with E-state index in [1.54, 1.807) is 7.11 Å². The van der Waals surface area contributed by atoms with Crippen LogP contribution in [0.25, 0.3) is 0 Å². The third-order valence-corrected chi connectivity index (χ3v) is 4.22. The maximum atomic E-state index is 5.05. The van der Waals surface area contributed by atoms with Gasteiger partial charge in [0, 0.05) is 31.5 Å². The van der Waals surface area contributed by atoms with Crippen molar-refractivity contribution < 1.29 is 4.74 Å². The highest BCUT2D eigenvalue weighted by molar-refractivity contribution is 7.11. The lowest BCUT2D eigenvalue weighted by atomic mass is 10.2. The molecule has 3 nitrogen and oxygen atoms in total. The monoisotopic (exact) mass is 290 g/mol. The van der Waals surface area contributed by atoms with Crippen LogP contribution in [-0.2, 0) is 24.1 Å². The fourth-order valence-corrected chi connectivity index (χ4v) is 3.23. The molecule has 20 heavy (non-hydrogen) atoms. The number of thiazole rings is 1. The van der Waals surface area contributed by atoms with Crippen molar-refractivity contribution in [1.82, 2.24) is 10.3 Å². The van der Waals surface area contributed by atoms with Crippen molar-refractivity contribution in [1.29, 1.82) is 0 Å². The number of methoxy groups -OCH3 is 1. The Morgan fingerprint density at radius 3 is 2.75 bits per heavy atom. The minimum Gasteiger partial charge on any atom is -0.383 e. The molecule has 0 atom stereocenters. The highest BCUT2D eigenvalue weighted by Crippen LogP contribution is 2.21. The summed E-state index contributed by atoms with van der Waals surface area (Å²) in [6, 6.07) is 10.5. The number of hydrogen-bond acceptors (Lipinski definition) is 4. The molecule has 0 saturated carbocycles. The van der Waals surface area contributed by atoms with Crippen LogP contribution < -0.4 is 5.32 Å². The Morgan fingerprint density at radius 2 is 2.05 bits per heavy atom. The summed E-state index contributed by atoms with van der Waals surface area (Å²) >= 11 is 1.82. The van der Waals surface area contributed by atoms with Gasteiger partial charge in [-0.05, 0) is 12.0 Å². The molecule has 0 fully saturated rings. The molecule has 2 rings (SSSR count). The number of nitrogens with zero attached hydrogens (tertiary/aromatic N) is 1. The van der Waals surface area contributed by atoms with Gasteiger partial charge in [0.05, 0.1) is 17.3 Å². The second kappa shape index (κ2) is 8.15. The van der Waals surface area contributed by atoms with E-state index < -0.39 is 0 Å². The van der Waals surface area contributed by atoms with Gasteiger partial charge in [-0.15, -0.1) is 11.3 Å². The Hall–Kier alpha value is -1.23. The van der Waals surface area contributed by atoms with E-state index in [4.69, 9.17) is 9.72 Å². The van der Waals surface area contributed by atoms with Crippen molar-refractivity contribution in [3.63, 3.8) is 0 Å². The van der Waals surface area contributed by atoms with Gasteiger partial charge in [-0.1, -0.05) is 37.3 Å². The van der Waals surface area contributed by atoms with Gasteiger partial charge in [0.1, 0.15) is 0 Å². The molecule has 0 radical (unpaired) electrons. The molecule has 0 amide bonds. The van der Waals surface area contributed by atoms with Gasteiger partial charge in [-0.25, -0.2) is 4.98 Å². The summed E-state index contributed by atoms with van der Waals surface area (Å²) in [4.78, 5) is 6.13. The van der Waals surface area contributed by atoms with Gasteiger partial charge in [-0.3, -0.25) is 0 Å². The first-order valence-electron chi connectivity index (χ1n) is 7.04. The van der Waals surface area contributed by atoms with Crippen molar-refractivity contribution in [3.05, 3.63) is 51.5 Å². The van der Waals surface area contributed by atoms with E-state index in [0.717, 1.165) is 32.5 Å². The van der Waals surface area contributed by atoms with Crippen LogP contribution in [0.2, 0.25) is 0 Å². The second-order valence-corrected chi connectivity index (χ2v) is 5.83. The molecule has 4 heteroatoms. The summed E-state index contributed by atoms with van der Waals surface area (Å²) in [6.07, 6.45) is 1.92. The Balaban J connectivity index is 1.99. The van der Waals surface area contributed by atoms with Gasteiger partial charge < -0.3 is 10.1 Å². The minimum absolute atomic E-state index is 0.747. The summed E-state index contributed by atoms with van der Waals surface area (Å²) in [5.74, 6) is 0. The van der Waals surface area contributed by atoms with Gasteiger partial charge in [-0.2, -0.15) is 0 Å². The maximum Gasteiger partial charge on any atom is 0.0975 e. The first-order chi connectivity index (χ1) is 9.83. The van der Waals surface area contributed by atoms with Crippen LogP contribution in [0.15, 0.2) is 30.3 Å². The first-order valence-corrected chi connectivity index (χ1v) is 7.86. The molecule has 2 aromatic rings. The third kappa shape index (κ3) is 4.40. The summed E-state index contributed by atoms with van der Waals surface area (Å²) < 4.78 is 5.05. The number of ether oxygens (including phenoxy) is 1. The van der Waals surface area contributed by atoms with Gasteiger partial charge in [0.15, 0.2) is 0 Å². The highest BCUT2D eigenvalue weighted by Gasteiger charge is 2.09. The van der Waals surface area contributed by atoms with E-state index in [1.807, 2.05) is 17.4 Å². The molecule has 0 aliphatic rings. The highest BCUT2D eigenvalue weighted by atomic mass is 32.1. The van der Waals surface area contributed by atoms with E-state index >= 15 is 0 Å². The Bertz CT molecular complexity index is 510.